The second-order valence-electron chi connectivity index (χ2n) is 8.14. The van der Waals surface area contributed by atoms with Gasteiger partial charge in [0.05, 0.1) is 17.8 Å². The third-order valence-corrected chi connectivity index (χ3v) is 5.81. The van der Waals surface area contributed by atoms with Gasteiger partial charge in [-0.2, -0.15) is 5.10 Å². The number of halogens is 1. The molecule has 2 aromatic rings. The van der Waals surface area contributed by atoms with Gasteiger partial charge in [0.25, 0.3) is 0 Å². The molecule has 29 heavy (non-hydrogen) atoms. The summed E-state index contributed by atoms with van der Waals surface area (Å²) in [4.78, 5) is 15.1. The molecule has 6 heteroatoms. The summed E-state index contributed by atoms with van der Waals surface area (Å²) in [6, 6.07) is 7.84. The Morgan fingerprint density at radius 3 is 2.48 bits per heavy atom. The molecule has 0 unspecified atom stereocenters. The molecule has 0 atom stereocenters. The third-order valence-electron chi connectivity index (χ3n) is 5.56. The van der Waals surface area contributed by atoms with E-state index < -0.39 is 0 Å². The van der Waals surface area contributed by atoms with Crippen molar-refractivity contribution in [1.82, 2.24) is 20.0 Å². The Bertz CT molecular complexity index is 873. The van der Waals surface area contributed by atoms with Gasteiger partial charge in [-0.25, -0.2) is 4.68 Å². The van der Waals surface area contributed by atoms with E-state index in [1.54, 1.807) is 0 Å². The molecule has 1 saturated heterocycles. The molecule has 1 aliphatic rings. The number of carbonyl (C=O) groups excluding carboxylic acids is 1. The Morgan fingerprint density at radius 1 is 1.21 bits per heavy atom. The number of benzene rings is 1. The molecule has 1 aromatic carbocycles. The van der Waals surface area contributed by atoms with E-state index in [9.17, 15) is 4.79 Å². The van der Waals surface area contributed by atoms with Crippen LogP contribution in [0.2, 0.25) is 5.02 Å². The molecule has 0 bridgehead atoms. The lowest BCUT2D eigenvalue weighted by Crippen LogP contribution is -2.45. The number of aryl methyl sites for hydroxylation is 1. The number of allylic oxidation sites excluding steroid dienone is 1. The summed E-state index contributed by atoms with van der Waals surface area (Å²) in [7, 11) is 0. The number of nitrogens with one attached hydrogen (secondary N) is 1. The molecule has 156 valence electrons. The van der Waals surface area contributed by atoms with Crippen molar-refractivity contribution in [2.24, 2.45) is 0 Å². The monoisotopic (exact) mass is 414 g/mol. The first-order chi connectivity index (χ1) is 13.8. The first-order valence-electron chi connectivity index (χ1n) is 10.3. The van der Waals surface area contributed by atoms with Gasteiger partial charge in [0, 0.05) is 42.0 Å². The van der Waals surface area contributed by atoms with E-state index in [1.807, 2.05) is 42.8 Å². The van der Waals surface area contributed by atoms with Gasteiger partial charge in [0.15, 0.2) is 0 Å². The Balaban J connectivity index is 1.57. The lowest BCUT2D eigenvalue weighted by Gasteiger charge is -2.31. The average Bonchev–Trinajstić information content (AvgIpc) is 2.96. The van der Waals surface area contributed by atoms with Crippen LogP contribution in [0.3, 0.4) is 0 Å². The van der Waals surface area contributed by atoms with Crippen LogP contribution in [0.25, 0.3) is 5.69 Å². The summed E-state index contributed by atoms with van der Waals surface area (Å²) in [5.41, 5.74) is 5.19. The first kappa shape index (κ1) is 21.6. The topological polar surface area (TPSA) is 50.2 Å². The fourth-order valence-electron chi connectivity index (χ4n) is 3.78. The Kier molecular flexibility index (Phi) is 7.14. The molecule has 0 aliphatic carbocycles. The molecular weight excluding hydrogens is 384 g/mol. The van der Waals surface area contributed by atoms with Crippen LogP contribution >= 0.6 is 11.6 Å². The van der Waals surface area contributed by atoms with Gasteiger partial charge in [0.2, 0.25) is 5.91 Å². The number of piperidine rings is 1. The number of carbonyl (C=O) groups is 1. The fraction of sp³-hybridized carbons (Fsp3) is 0.478. The van der Waals surface area contributed by atoms with Gasteiger partial charge in [-0.3, -0.25) is 9.69 Å². The van der Waals surface area contributed by atoms with Gasteiger partial charge in [-0.05, 0) is 64.8 Å². The molecule has 0 saturated carbocycles. The molecule has 5 nitrogen and oxygen atoms in total. The zero-order chi connectivity index (χ0) is 21.0. The number of nitrogens with zero attached hydrogens (tertiary/aromatic N) is 3. The molecule has 1 fully saturated rings. The van der Waals surface area contributed by atoms with E-state index >= 15 is 0 Å². The van der Waals surface area contributed by atoms with E-state index in [0.29, 0.717) is 11.4 Å². The van der Waals surface area contributed by atoms with Gasteiger partial charge in [-0.1, -0.05) is 23.3 Å². The van der Waals surface area contributed by atoms with Gasteiger partial charge in [-0.15, -0.1) is 0 Å². The van der Waals surface area contributed by atoms with Crippen molar-refractivity contribution in [3.8, 4) is 5.69 Å². The summed E-state index contributed by atoms with van der Waals surface area (Å²) in [5, 5.41) is 8.56. The number of likely N-dealkylation sites (tertiary alicyclic amines) is 1. The summed E-state index contributed by atoms with van der Waals surface area (Å²) in [5.74, 6) is 0.0783. The molecule has 1 aliphatic heterocycles. The van der Waals surface area contributed by atoms with E-state index in [-0.39, 0.29) is 11.9 Å². The SMILES string of the molecule is CC(C)=CCN1CCC(NC(=O)Cc2c(C)nn(-c3ccc(Cl)cc3)c2C)CC1. The number of aromatic nitrogens is 2. The first-order valence-corrected chi connectivity index (χ1v) is 10.7. The van der Waals surface area contributed by atoms with Crippen molar-refractivity contribution in [2.75, 3.05) is 19.6 Å². The highest BCUT2D eigenvalue weighted by atomic mass is 35.5. The van der Waals surface area contributed by atoms with Crippen molar-refractivity contribution in [3.63, 3.8) is 0 Å². The fourth-order valence-corrected chi connectivity index (χ4v) is 3.90. The molecule has 3 rings (SSSR count). The minimum Gasteiger partial charge on any atom is -0.353 e. The van der Waals surface area contributed by atoms with Gasteiger partial charge >= 0.3 is 0 Å². The second kappa shape index (κ2) is 9.59. The number of rotatable bonds is 6. The Hall–Kier alpha value is -2.11. The predicted molar refractivity (Wildman–Crippen MR) is 119 cm³/mol. The molecule has 1 aromatic heterocycles. The van der Waals surface area contributed by atoms with Gasteiger partial charge < -0.3 is 5.32 Å². The zero-order valence-corrected chi connectivity index (χ0v) is 18.6. The summed E-state index contributed by atoms with van der Waals surface area (Å²) in [6.07, 6.45) is 4.64. The Labute approximate surface area is 178 Å². The molecule has 0 radical (unpaired) electrons. The van der Waals surface area contributed by atoms with Crippen LogP contribution in [0.1, 0.15) is 43.6 Å². The van der Waals surface area contributed by atoms with E-state index in [1.165, 1.54) is 5.57 Å². The quantitative estimate of drug-likeness (QED) is 0.719. The van der Waals surface area contributed by atoms with Crippen molar-refractivity contribution >= 4 is 17.5 Å². The summed E-state index contributed by atoms with van der Waals surface area (Å²) in [6.45, 7) is 11.3. The third kappa shape index (κ3) is 5.71. The zero-order valence-electron chi connectivity index (χ0n) is 17.8. The van der Waals surface area contributed by atoms with Crippen molar-refractivity contribution in [1.29, 1.82) is 0 Å². The summed E-state index contributed by atoms with van der Waals surface area (Å²) >= 11 is 5.99. The molecule has 1 amide bonds. The van der Waals surface area contributed by atoms with E-state index in [0.717, 1.165) is 55.1 Å². The van der Waals surface area contributed by atoms with Crippen LogP contribution in [0.5, 0.6) is 0 Å². The maximum atomic E-state index is 12.7. The Morgan fingerprint density at radius 2 is 1.86 bits per heavy atom. The normalized spacial score (nSPS) is 15.3. The average molecular weight is 415 g/mol. The minimum absolute atomic E-state index is 0.0783. The van der Waals surface area contributed by atoms with Crippen LogP contribution in [-0.2, 0) is 11.2 Å². The van der Waals surface area contributed by atoms with Crippen LogP contribution in [0.4, 0.5) is 0 Å². The number of amides is 1. The van der Waals surface area contributed by atoms with Gasteiger partial charge in [0.1, 0.15) is 0 Å². The lowest BCUT2D eigenvalue weighted by atomic mass is 10.0. The molecule has 1 N–H and O–H groups in total. The second-order valence-corrected chi connectivity index (χ2v) is 8.57. The lowest BCUT2D eigenvalue weighted by molar-refractivity contribution is -0.121. The molecule has 0 spiro atoms. The maximum absolute atomic E-state index is 12.7. The number of hydrogen-bond donors (Lipinski definition) is 1. The largest absolute Gasteiger partial charge is 0.353 e. The maximum Gasteiger partial charge on any atom is 0.224 e. The van der Waals surface area contributed by atoms with Crippen LogP contribution in [0, 0.1) is 13.8 Å². The van der Waals surface area contributed by atoms with E-state index in [2.05, 4.69) is 35.2 Å². The minimum atomic E-state index is 0.0783. The highest BCUT2D eigenvalue weighted by Crippen LogP contribution is 2.20. The van der Waals surface area contributed by atoms with Crippen LogP contribution in [0.15, 0.2) is 35.9 Å². The van der Waals surface area contributed by atoms with Crippen molar-refractivity contribution in [2.45, 2.75) is 53.0 Å². The molecular formula is C23H31ClN4O. The number of hydrogen-bond acceptors (Lipinski definition) is 3. The van der Waals surface area contributed by atoms with E-state index in [4.69, 9.17) is 11.6 Å². The highest BCUT2D eigenvalue weighted by molar-refractivity contribution is 6.30. The van der Waals surface area contributed by atoms with Crippen LogP contribution in [-0.4, -0.2) is 46.3 Å². The summed E-state index contributed by atoms with van der Waals surface area (Å²) < 4.78 is 1.88. The smallest absolute Gasteiger partial charge is 0.224 e. The standard InChI is InChI=1S/C23H31ClN4O/c1-16(2)9-12-27-13-10-20(11-14-27)25-23(29)15-22-17(3)26-28(18(22)4)21-7-5-19(24)6-8-21/h5-9,20H,10-15H2,1-4H3,(H,25,29). The van der Waals surface area contributed by atoms with Crippen molar-refractivity contribution in [3.05, 3.63) is 57.9 Å². The molecule has 2 heterocycles. The predicted octanol–water partition coefficient (Wildman–Crippen LogP) is 4.23. The van der Waals surface area contributed by atoms with Crippen LogP contribution < -0.4 is 5.32 Å². The highest BCUT2D eigenvalue weighted by Gasteiger charge is 2.22. The van der Waals surface area contributed by atoms with Crippen molar-refractivity contribution < 1.29 is 4.79 Å².